The first-order chi connectivity index (χ1) is 9.24. The summed E-state index contributed by atoms with van der Waals surface area (Å²) in [7, 11) is 0. The van der Waals surface area contributed by atoms with Crippen molar-refractivity contribution in [1.29, 1.82) is 0 Å². The highest BCUT2D eigenvalue weighted by Crippen LogP contribution is 2.21. The molecule has 0 spiro atoms. The van der Waals surface area contributed by atoms with Crippen LogP contribution in [0.4, 0.5) is 5.95 Å². The molecule has 3 rings (SSSR count). The highest BCUT2D eigenvalue weighted by Gasteiger charge is 2.19. The zero-order valence-electron chi connectivity index (χ0n) is 11.3. The molecule has 1 aromatic carbocycles. The van der Waals surface area contributed by atoms with E-state index in [1.807, 2.05) is 12.1 Å². The van der Waals surface area contributed by atoms with E-state index in [1.165, 1.54) is 5.56 Å². The number of piperazine rings is 1. The molecule has 1 fully saturated rings. The molecule has 2 N–H and O–H groups in total. The van der Waals surface area contributed by atoms with Crippen LogP contribution in [0.5, 0.6) is 0 Å². The molecule has 19 heavy (non-hydrogen) atoms. The first-order valence-corrected chi connectivity index (χ1v) is 6.71. The van der Waals surface area contributed by atoms with Crippen molar-refractivity contribution in [3.63, 3.8) is 0 Å². The molecule has 2 heterocycles. The van der Waals surface area contributed by atoms with E-state index in [9.17, 15) is 0 Å². The van der Waals surface area contributed by atoms with Gasteiger partial charge in [0.05, 0.1) is 0 Å². The Bertz CT molecular complexity index is 562. The smallest absolute Gasteiger partial charge is 0.245 e. The van der Waals surface area contributed by atoms with Crippen molar-refractivity contribution in [2.75, 3.05) is 24.5 Å². The SMILES string of the molecule is Cc1ccccc1-c1nc(N2CCN[C@H](C)C2)n[nH]1. The Morgan fingerprint density at radius 2 is 2.16 bits per heavy atom. The quantitative estimate of drug-likeness (QED) is 0.857. The minimum atomic E-state index is 0.481. The third-order valence-electron chi connectivity index (χ3n) is 3.53. The molecule has 2 aromatic rings. The molecule has 1 atom stereocenters. The summed E-state index contributed by atoms with van der Waals surface area (Å²) in [6, 6.07) is 8.70. The lowest BCUT2D eigenvalue weighted by Crippen LogP contribution is -2.49. The molecule has 1 aliphatic heterocycles. The second-order valence-electron chi connectivity index (χ2n) is 5.10. The maximum atomic E-state index is 4.63. The molecule has 1 aromatic heterocycles. The average molecular weight is 257 g/mol. The molecule has 5 nitrogen and oxygen atoms in total. The van der Waals surface area contributed by atoms with Gasteiger partial charge in [-0.15, -0.1) is 5.10 Å². The maximum Gasteiger partial charge on any atom is 0.245 e. The van der Waals surface area contributed by atoms with Gasteiger partial charge in [-0.05, 0) is 19.4 Å². The van der Waals surface area contributed by atoms with Crippen molar-refractivity contribution < 1.29 is 0 Å². The molecule has 0 unspecified atom stereocenters. The van der Waals surface area contributed by atoms with E-state index in [-0.39, 0.29) is 0 Å². The van der Waals surface area contributed by atoms with Gasteiger partial charge in [0.25, 0.3) is 0 Å². The standard InChI is InChI=1S/C14H19N5/c1-10-5-3-4-6-12(10)13-16-14(18-17-13)19-8-7-15-11(2)9-19/h3-6,11,15H,7-9H2,1-2H3,(H,16,17,18)/t11-/m1/s1. The highest BCUT2D eigenvalue weighted by molar-refractivity contribution is 5.60. The summed E-state index contributed by atoms with van der Waals surface area (Å²) < 4.78 is 0. The van der Waals surface area contributed by atoms with Crippen molar-refractivity contribution in [3.05, 3.63) is 29.8 Å². The number of hydrogen-bond acceptors (Lipinski definition) is 4. The predicted molar refractivity (Wildman–Crippen MR) is 76.2 cm³/mol. The third-order valence-corrected chi connectivity index (χ3v) is 3.53. The van der Waals surface area contributed by atoms with Crippen LogP contribution in [0.2, 0.25) is 0 Å². The van der Waals surface area contributed by atoms with E-state index in [0.717, 1.165) is 37.0 Å². The monoisotopic (exact) mass is 257 g/mol. The first-order valence-electron chi connectivity index (χ1n) is 6.71. The van der Waals surface area contributed by atoms with E-state index in [2.05, 4.69) is 51.4 Å². The molecular formula is C14H19N5. The number of H-pyrrole nitrogens is 1. The molecule has 0 radical (unpaired) electrons. The van der Waals surface area contributed by atoms with Crippen LogP contribution in [0, 0.1) is 6.92 Å². The number of anilines is 1. The van der Waals surface area contributed by atoms with E-state index >= 15 is 0 Å². The van der Waals surface area contributed by atoms with Crippen LogP contribution < -0.4 is 10.2 Å². The molecule has 0 bridgehead atoms. The minimum Gasteiger partial charge on any atom is -0.337 e. The van der Waals surface area contributed by atoms with Gasteiger partial charge < -0.3 is 10.2 Å². The van der Waals surface area contributed by atoms with Crippen molar-refractivity contribution in [2.45, 2.75) is 19.9 Å². The van der Waals surface area contributed by atoms with Gasteiger partial charge in [-0.1, -0.05) is 24.3 Å². The molecule has 1 aliphatic rings. The van der Waals surface area contributed by atoms with Crippen LogP contribution in [0.15, 0.2) is 24.3 Å². The van der Waals surface area contributed by atoms with Gasteiger partial charge in [-0.3, -0.25) is 5.10 Å². The predicted octanol–water partition coefficient (Wildman–Crippen LogP) is 1.58. The van der Waals surface area contributed by atoms with Crippen molar-refractivity contribution in [2.24, 2.45) is 0 Å². The molecule has 0 aliphatic carbocycles. The summed E-state index contributed by atoms with van der Waals surface area (Å²) in [5.74, 6) is 1.64. The Balaban J connectivity index is 1.85. The number of aryl methyl sites for hydroxylation is 1. The number of hydrogen-bond donors (Lipinski definition) is 2. The van der Waals surface area contributed by atoms with Crippen molar-refractivity contribution >= 4 is 5.95 Å². The number of aromatic amines is 1. The Morgan fingerprint density at radius 3 is 2.95 bits per heavy atom. The minimum absolute atomic E-state index is 0.481. The largest absolute Gasteiger partial charge is 0.337 e. The first kappa shape index (κ1) is 12.2. The second kappa shape index (κ2) is 5.01. The van der Waals surface area contributed by atoms with Crippen LogP contribution in [0.25, 0.3) is 11.4 Å². The second-order valence-corrected chi connectivity index (χ2v) is 5.10. The summed E-state index contributed by atoms with van der Waals surface area (Å²) in [4.78, 5) is 6.85. The van der Waals surface area contributed by atoms with E-state index in [4.69, 9.17) is 0 Å². The van der Waals surface area contributed by atoms with Gasteiger partial charge >= 0.3 is 0 Å². The van der Waals surface area contributed by atoms with E-state index < -0.39 is 0 Å². The fourth-order valence-electron chi connectivity index (χ4n) is 2.47. The van der Waals surface area contributed by atoms with Crippen LogP contribution in [0.3, 0.4) is 0 Å². The zero-order valence-corrected chi connectivity index (χ0v) is 11.3. The highest BCUT2D eigenvalue weighted by atomic mass is 15.4. The number of nitrogens with one attached hydrogen (secondary N) is 2. The van der Waals surface area contributed by atoms with Gasteiger partial charge in [0, 0.05) is 31.2 Å². The Hall–Kier alpha value is -1.88. The summed E-state index contributed by atoms with van der Waals surface area (Å²) >= 11 is 0. The Morgan fingerprint density at radius 1 is 1.32 bits per heavy atom. The fourth-order valence-corrected chi connectivity index (χ4v) is 2.47. The lowest BCUT2D eigenvalue weighted by atomic mass is 10.1. The number of benzene rings is 1. The average Bonchev–Trinajstić information content (AvgIpc) is 2.89. The van der Waals surface area contributed by atoms with Gasteiger partial charge in [0.15, 0.2) is 5.82 Å². The summed E-state index contributed by atoms with van der Waals surface area (Å²) in [6.45, 7) is 7.15. The van der Waals surface area contributed by atoms with E-state index in [0.29, 0.717) is 6.04 Å². The van der Waals surface area contributed by atoms with Crippen LogP contribution in [0.1, 0.15) is 12.5 Å². The molecule has 1 saturated heterocycles. The molecular weight excluding hydrogens is 238 g/mol. The lowest BCUT2D eigenvalue weighted by Gasteiger charge is -2.30. The molecule has 0 saturated carbocycles. The van der Waals surface area contributed by atoms with Crippen LogP contribution in [-0.4, -0.2) is 40.9 Å². The number of aromatic nitrogens is 3. The van der Waals surface area contributed by atoms with Gasteiger partial charge in [0.2, 0.25) is 5.95 Å². The third kappa shape index (κ3) is 2.46. The molecule has 5 heteroatoms. The van der Waals surface area contributed by atoms with Crippen LogP contribution in [-0.2, 0) is 0 Å². The topological polar surface area (TPSA) is 56.8 Å². The maximum absolute atomic E-state index is 4.63. The van der Waals surface area contributed by atoms with Crippen molar-refractivity contribution in [1.82, 2.24) is 20.5 Å². The number of nitrogens with zero attached hydrogens (tertiary/aromatic N) is 3. The zero-order chi connectivity index (χ0) is 13.2. The van der Waals surface area contributed by atoms with Crippen LogP contribution >= 0.6 is 0 Å². The number of rotatable bonds is 2. The van der Waals surface area contributed by atoms with Gasteiger partial charge in [-0.2, -0.15) is 4.98 Å². The molecule has 0 amide bonds. The molecule has 100 valence electrons. The summed E-state index contributed by atoms with van der Waals surface area (Å²) in [6.07, 6.45) is 0. The summed E-state index contributed by atoms with van der Waals surface area (Å²) in [5, 5.41) is 10.8. The lowest BCUT2D eigenvalue weighted by molar-refractivity contribution is 0.480. The van der Waals surface area contributed by atoms with E-state index in [1.54, 1.807) is 0 Å². The Labute approximate surface area is 113 Å². The normalized spacial score (nSPS) is 19.7. The van der Waals surface area contributed by atoms with Gasteiger partial charge in [-0.25, -0.2) is 0 Å². The van der Waals surface area contributed by atoms with Gasteiger partial charge in [0.1, 0.15) is 0 Å². The Kier molecular flexibility index (Phi) is 3.21. The summed E-state index contributed by atoms with van der Waals surface area (Å²) in [5.41, 5.74) is 2.32. The fraction of sp³-hybridized carbons (Fsp3) is 0.429. The van der Waals surface area contributed by atoms with Crippen molar-refractivity contribution in [3.8, 4) is 11.4 Å².